The van der Waals surface area contributed by atoms with Gasteiger partial charge in [-0.25, -0.2) is 3.63 Å². The smallest absolute Gasteiger partial charge is 0.203 e. The van der Waals surface area contributed by atoms with Gasteiger partial charge in [0.1, 0.15) is 0 Å². The van der Waals surface area contributed by atoms with Crippen LogP contribution in [0.5, 0.6) is 0 Å². The van der Waals surface area contributed by atoms with Crippen molar-refractivity contribution in [1.29, 1.82) is 0 Å². The Kier molecular flexibility index (Phi) is 6.32. The van der Waals surface area contributed by atoms with Crippen molar-refractivity contribution in [3.8, 4) is 0 Å². The molecule has 0 aliphatic heterocycles. The van der Waals surface area contributed by atoms with Crippen LogP contribution in [-0.2, 0) is 13.7 Å². The van der Waals surface area contributed by atoms with Crippen LogP contribution in [0.15, 0.2) is 64.4 Å². The molecule has 0 saturated carbocycles. The summed E-state index contributed by atoms with van der Waals surface area (Å²) >= 11 is 6.11. The standard InChI is InChI=1S/C17H18ClF3O3S2/c1-13(2)15-10-6-7-11-16(15)25(12-18,14-8-4-3-5-9-14)24-26(22,23)17(19,20)21/h3-11,13H,12H2,1-2H3. The van der Waals surface area contributed by atoms with Crippen LogP contribution in [0.1, 0.15) is 25.3 Å². The highest BCUT2D eigenvalue weighted by molar-refractivity contribution is 8.33. The highest BCUT2D eigenvalue weighted by Gasteiger charge is 2.52. The van der Waals surface area contributed by atoms with E-state index in [1.165, 1.54) is 12.1 Å². The van der Waals surface area contributed by atoms with Gasteiger partial charge in [0.15, 0.2) is 0 Å². The molecule has 0 aliphatic rings. The molecule has 0 radical (unpaired) electrons. The molecule has 2 aromatic carbocycles. The lowest BCUT2D eigenvalue weighted by atomic mass is 10.0. The van der Waals surface area contributed by atoms with E-state index >= 15 is 0 Å². The molecule has 0 saturated heterocycles. The monoisotopic (exact) mass is 426 g/mol. The molecule has 0 heterocycles. The first kappa shape index (κ1) is 21.1. The quantitative estimate of drug-likeness (QED) is 0.419. The molecule has 0 spiro atoms. The van der Waals surface area contributed by atoms with Crippen LogP contribution in [0, 0.1) is 0 Å². The predicted octanol–water partition coefficient (Wildman–Crippen LogP) is 6.01. The van der Waals surface area contributed by atoms with Crippen molar-refractivity contribution >= 4 is 32.0 Å². The zero-order chi connectivity index (χ0) is 19.6. The zero-order valence-electron chi connectivity index (χ0n) is 14.0. The van der Waals surface area contributed by atoms with Crippen LogP contribution >= 0.6 is 21.9 Å². The summed E-state index contributed by atoms with van der Waals surface area (Å²) in [6, 6.07) is 14.6. The molecule has 1 unspecified atom stereocenters. The fourth-order valence-electron chi connectivity index (χ4n) is 2.43. The number of hydrogen-bond acceptors (Lipinski definition) is 3. The summed E-state index contributed by atoms with van der Waals surface area (Å²) < 4.78 is 67.8. The average Bonchev–Trinajstić information content (AvgIpc) is 2.59. The van der Waals surface area contributed by atoms with Crippen LogP contribution in [-0.4, -0.2) is 19.1 Å². The van der Waals surface area contributed by atoms with Gasteiger partial charge in [-0.3, -0.25) is 0 Å². The Hall–Kier alpha value is -1.22. The normalized spacial score (nSPS) is 16.3. The maximum absolute atomic E-state index is 13.0. The molecule has 144 valence electrons. The molecular weight excluding hydrogens is 409 g/mol. The minimum absolute atomic E-state index is 0.0674. The largest absolute Gasteiger partial charge is 0.523 e. The number of hydrogen-bond donors (Lipinski definition) is 0. The van der Waals surface area contributed by atoms with E-state index in [0.717, 1.165) is 0 Å². The van der Waals surface area contributed by atoms with E-state index in [0.29, 0.717) is 15.4 Å². The summed E-state index contributed by atoms with van der Waals surface area (Å²) in [6.45, 7) is 3.72. The lowest BCUT2D eigenvalue weighted by Crippen LogP contribution is -2.28. The van der Waals surface area contributed by atoms with Crippen molar-refractivity contribution in [2.75, 3.05) is 5.21 Å². The fraction of sp³-hybridized carbons (Fsp3) is 0.294. The first-order chi connectivity index (χ1) is 12.0. The van der Waals surface area contributed by atoms with E-state index in [2.05, 4.69) is 0 Å². The Labute approximate surface area is 157 Å². The van der Waals surface area contributed by atoms with E-state index in [1.807, 2.05) is 13.8 Å². The lowest BCUT2D eigenvalue weighted by molar-refractivity contribution is -0.0496. The molecule has 0 amide bonds. The van der Waals surface area contributed by atoms with E-state index in [-0.39, 0.29) is 5.92 Å². The highest BCUT2D eigenvalue weighted by Crippen LogP contribution is 2.67. The van der Waals surface area contributed by atoms with Crippen molar-refractivity contribution in [2.45, 2.75) is 35.1 Å². The van der Waals surface area contributed by atoms with E-state index < -0.39 is 31.1 Å². The maximum atomic E-state index is 13.0. The molecule has 0 N–H and O–H groups in total. The summed E-state index contributed by atoms with van der Waals surface area (Å²) in [5.41, 5.74) is -4.86. The summed E-state index contributed by atoms with van der Waals surface area (Å²) in [5, 5.41) is -0.434. The predicted molar refractivity (Wildman–Crippen MR) is 97.9 cm³/mol. The molecule has 1 atom stereocenters. The molecule has 0 fully saturated rings. The number of halogens is 4. The van der Waals surface area contributed by atoms with Gasteiger partial charge >= 0.3 is 15.6 Å². The third-order valence-corrected chi connectivity index (χ3v) is 9.22. The Morgan fingerprint density at radius 1 is 1.00 bits per heavy atom. The van der Waals surface area contributed by atoms with Crippen LogP contribution < -0.4 is 0 Å². The Balaban J connectivity index is 2.80. The molecule has 9 heteroatoms. The molecule has 0 aromatic heterocycles. The van der Waals surface area contributed by atoms with Gasteiger partial charge in [0.05, 0.1) is 5.21 Å². The summed E-state index contributed by atoms with van der Waals surface area (Å²) in [4.78, 5) is 0.667. The number of benzene rings is 2. The Morgan fingerprint density at radius 2 is 1.54 bits per heavy atom. The second-order valence-electron chi connectivity index (χ2n) is 5.76. The SMILES string of the molecule is CC(C)c1ccccc1S(CCl)(OS(=O)(=O)C(F)(F)F)c1ccccc1. The minimum atomic E-state index is -5.85. The van der Waals surface area contributed by atoms with Crippen LogP contribution in [0.2, 0.25) is 0 Å². The highest BCUT2D eigenvalue weighted by atomic mass is 35.5. The first-order valence-corrected chi connectivity index (χ1v) is 11.3. The fourth-order valence-corrected chi connectivity index (χ4v) is 7.85. The third-order valence-electron chi connectivity index (χ3n) is 3.66. The maximum Gasteiger partial charge on any atom is 0.523 e. The topological polar surface area (TPSA) is 43.4 Å². The molecule has 2 rings (SSSR count). The van der Waals surface area contributed by atoms with Gasteiger partial charge in [0.2, 0.25) is 0 Å². The Bertz CT molecular complexity index is 855. The van der Waals surface area contributed by atoms with Gasteiger partial charge in [-0.2, -0.15) is 21.6 Å². The molecule has 3 nitrogen and oxygen atoms in total. The van der Waals surface area contributed by atoms with Crippen LogP contribution in [0.25, 0.3) is 0 Å². The van der Waals surface area contributed by atoms with E-state index in [1.54, 1.807) is 42.5 Å². The van der Waals surface area contributed by atoms with Crippen LogP contribution in [0.4, 0.5) is 13.2 Å². The van der Waals surface area contributed by atoms with Crippen LogP contribution in [0.3, 0.4) is 0 Å². The molecule has 0 bridgehead atoms. The number of rotatable bonds is 6. The Morgan fingerprint density at radius 3 is 2.04 bits per heavy atom. The van der Waals surface area contributed by atoms with Crippen molar-refractivity contribution in [3.05, 3.63) is 60.2 Å². The van der Waals surface area contributed by atoms with Crippen molar-refractivity contribution < 1.29 is 25.2 Å². The third kappa shape index (κ3) is 4.03. The summed E-state index contributed by atoms with van der Waals surface area (Å²) in [6.07, 6.45) is 0. The lowest BCUT2D eigenvalue weighted by Gasteiger charge is -2.39. The summed E-state index contributed by atoms with van der Waals surface area (Å²) in [5.74, 6) is -0.0674. The summed E-state index contributed by atoms with van der Waals surface area (Å²) in [7, 11) is -9.00. The molecule has 26 heavy (non-hydrogen) atoms. The number of alkyl halides is 4. The second-order valence-corrected chi connectivity index (χ2v) is 10.8. The minimum Gasteiger partial charge on any atom is -0.203 e. The zero-order valence-corrected chi connectivity index (χ0v) is 16.4. The van der Waals surface area contributed by atoms with Gasteiger partial charge in [-0.05, 0) is 40.0 Å². The van der Waals surface area contributed by atoms with Gasteiger partial charge in [0, 0.05) is 9.79 Å². The van der Waals surface area contributed by atoms with Crippen molar-refractivity contribution in [2.24, 2.45) is 0 Å². The van der Waals surface area contributed by atoms with Gasteiger partial charge in [-0.1, -0.05) is 50.2 Å². The first-order valence-electron chi connectivity index (χ1n) is 7.58. The van der Waals surface area contributed by atoms with Crippen molar-refractivity contribution in [3.63, 3.8) is 0 Å². The molecular formula is C17H18ClF3O3S2. The van der Waals surface area contributed by atoms with Gasteiger partial charge < -0.3 is 0 Å². The molecule has 0 aliphatic carbocycles. The van der Waals surface area contributed by atoms with Crippen molar-refractivity contribution in [1.82, 2.24) is 0 Å². The molecule has 2 aromatic rings. The van der Waals surface area contributed by atoms with E-state index in [9.17, 15) is 21.6 Å². The second kappa shape index (κ2) is 7.80. The van der Waals surface area contributed by atoms with Gasteiger partial charge in [-0.15, -0.1) is 11.6 Å². The average molecular weight is 427 g/mol. The van der Waals surface area contributed by atoms with Gasteiger partial charge in [0.25, 0.3) is 0 Å². The van der Waals surface area contributed by atoms with E-state index in [4.69, 9.17) is 15.2 Å².